The Morgan fingerprint density at radius 2 is 1.88 bits per heavy atom. The monoisotopic (exact) mass is 470 g/mol. The van der Waals surface area contributed by atoms with Crippen molar-refractivity contribution in [1.82, 2.24) is 29.4 Å². The van der Waals surface area contributed by atoms with Crippen molar-refractivity contribution >= 4 is 11.0 Å². The van der Waals surface area contributed by atoms with Gasteiger partial charge in [-0.3, -0.25) is 4.68 Å². The lowest BCUT2D eigenvalue weighted by molar-refractivity contribution is -0.274. The fourth-order valence-corrected chi connectivity index (χ4v) is 4.17. The molecule has 0 unspecified atom stereocenters. The Hall–Kier alpha value is -3.40. The van der Waals surface area contributed by atoms with Gasteiger partial charge in [0.2, 0.25) is 0 Å². The predicted molar refractivity (Wildman–Crippen MR) is 122 cm³/mol. The lowest BCUT2D eigenvalue weighted by atomic mass is 9.81. The molecule has 7 nitrogen and oxygen atoms in total. The number of fused-ring (bicyclic) bond motifs is 1. The number of nitrogens with zero attached hydrogens (tertiary/aromatic N) is 6. The van der Waals surface area contributed by atoms with E-state index in [9.17, 15) is 13.2 Å². The highest BCUT2D eigenvalue weighted by Crippen LogP contribution is 2.42. The van der Waals surface area contributed by atoms with E-state index in [1.54, 1.807) is 23.0 Å². The number of halogens is 3. The van der Waals surface area contributed by atoms with Gasteiger partial charge >= 0.3 is 6.36 Å². The second kappa shape index (κ2) is 8.75. The number of hydrogen-bond donors (Lipinski definition) is 0. The minimum absolute atomic E-state index is 0.272. The second-order valence-electron chi connectivity index (χ2n) is 8.82. The van der Waals surface area contributed by atoms with Gasteiger partial charge in [0.25, 0.3) is 0 Å². The van der Waals surface area contributed by atoms with Crippen LogP contribution in [0.1, 0.15) is 30.9 Å². The van der Waals surface area contributed by atoms with Gasteiger partial charge in [-0.15, -0.1) is 13.2 Å². The van der Waals surface area contributed by atoms with E-state index in [0.29, 0.717) is 17.3 Å². The van der Waals surface area contributed by atoms with E-state index in [1.165, 1.54) is 12.1 Å². The number of ether oxygens (including phenoxy) is 1. The fourth-order valence-electron chi connectivity index (χ4n) is 4.17. The normalized spacial score (nSPS) is 14.6. The molecule has 3 aromatic heterocycles. The zero-order valence-electron chi connectivity index (χ0n) is 19.0. The largest absolute Gasteiger partial charge is 0.573 e. The molecule has 0 spiro atoms. The molecule has 0 bridgehead atoms. The number of rotatable bonds is 7. The molecule has 10 heteroatoms. The third-order valence-corrected chi connectivity index (χ3v) is 6.12. The average molecular weight is 470 g/mol. The first-order valence-electron chi connectivity index (χ1n) is 11.2. The summed E-state index contributed by atoms with van der Waals surface area (Å²) >= 11 is 0. The molecular formula is C24H25F3N6O. The molecular weight excluding hydrogens is 445 g/mol. The zero-order valence-corrected chi connectivity index (χ0v) is 19.0. The van der Waals surface area contributed by atoms with Crippen LogP contribution in [-0.4, -0.2) is 56.4 Å². The molecule has 178 valence electrons. The molecule has 0 N–H and O–H groups in total. The van der Waals surface area contributed by atoms with Crippen LogP contribution in [0.5, 0.6) is 5.75 Å². The van der Waals surface area contributed by atoms with Gasteiger partial charge < -0.3 is 9.64 Å². The second-order valence-corrected chi connectivity index (χ2v) is 8.82. The number of benzene rings is 1. The van der Waals surface area contributed by atoms with Gasteiger partial charge in [0.1, 0.15) is 5.75 Å². The van der Waals surface area contributed by atoms with Crippen LogP contribution in [-0.2, 0) is 6.54 Å². The maximum atomic E-state index is 12.5. The standard InChI is InChI=1S/C24H25F3N6O/c1-31(2)12-13-32-15-17(14-29-32)20-10-11-28-23-21(20)22(16-4-3-5-16)30-33(23)18-6-8-19(9-7-18)34-24(25,26)27/h6-11,14-16H,3-5,12-13H2,1-2H3. The summed E-state index contributed by atoms with van der Waals surface area (Å²) in [5.41, 5.74) is 4.26. The number of alkyl halides is 3. The van der Waals surface area contributed by atoms with Crippen molar-refractivity contribution in [3.63, 3.8) is 0 Å². The molecule has 34 heavy (non-hydrogen) atoms. The lowest BCUT2D eigenvalue weighted by Gasteiger charge is -2.24. The third-order valence-electron chi connectivity index (χ3n) is 6.12. The summed E-state index contributed by atoms with van der Waals surface area (Å²) in [6, 6.07) is 7.68. The van der Waals surface area contributed by atoms with Crippen LogP contribution in [0.15, 0.2) is 48.9 Å². The summed E-state index contributed by atoms with van der Waals surface area (Å²) in [5.74, 6) is 0.0639. The highest BCUT2D eigenvalue weighted by molar-refractivity contribution is 5.95. The van der Waals surface area contributed by atoms with E-state index in [1.807, 2.05) is 37.2 Å². The lowest BCUT2D eigenvalue weighted by Crippen LogP contribution is -2.18. The van der Waals surface area contributed by atoms with E-state index in [4.69, 9.17) is 5.10 Å². The maximum Gasteiger partial charge on any atom is 0.573 e. The summed E-state index contributed by atoms with van der Waals surface area (Å²) in [5, 5.41) is 10.4. The SMILES string of the molecule is CN(C)CCn1cc(-c2ccnc3c2c(C2CCC2)nn3-c2ccc(OC(F)(F)F)cc2)cn1. The van der Waals surface area contributed by atoms with Gasteiger partial charge in [0.15, 0.2) is 5.65 Å². The minimum Gasteiger partial charge on any atom is -0.406 e. The molecule has 1 saturated carbocycles. The molecule has 1 aromatic carbocycles. The summed E-state index contributed by atoms with van der Waals surface area (Å²) in [4.78, 5) is 6.72. The minimum atomic E-state index is -4.73. The van der Waals surface area contributed by atoms with Crippen LogP contribution in [0.25, 0.3) is 27.8 Å². The molecule has 4 aromatic rings. The van der Waals surface area contributed by atoms with Gasteiger partial charge in [0.05, 0.1) is 29.5 Å². The summed E-state index contributed by atoms with van der Waals surface area (Å²) in [6.07, 6.45) is 4.16. The highest BCUT2D eigenvalue weighted by Gasteiger charge is 2.31. The first-order valence-corrected chi connectivity index (χ1v) is 11.2. The predicted octanol–water partition coefficient (Wildman–Crippen LogP) is 5.01. The molecule has 0 saturated heterocycles. The molecule has 0 amide bonds. The molecule has 0 aliphatic heterocycles. The molecule has 1 aliphatic carbocycles. The van der Waals surface area contributed by atoms with Crippen molar-refractivity contribution in [1.29, 1.82) is 0 Å². The zero-order chi connectivity index (χ0) is 23.9. The van der Waals surface area contributed by atoms with Crippen LogP contribution in [0.2, 0.25) is 0 Å². The molecule has 3 heterocycles. The van der Waals surface area contributed by atoms with Crippen molar-refractivity contribution in [2.24, 2.45) is 0 Å². The van der Waals surface area contributed by atoms with Gasteiger partial charge in [-0.1, -0.05) is 6.42 Å². The van der Waals surface area contributed by atoms with E-state index in [2.05, 4.69) is 19.7 Å². The van der Waals surface area contributed by atoms with Crippen molar-refractivity contribution in [2.45, 2.75) is 38.1 Å². The van der Waals surface area contributed by atoms with Crippen molar-refractivity contribution in [3.8, 4) is 22.6 Å². The van der Waals surface area contributed by atoms with Gasteiger partial charge in [-0.05, 0) is 62.8 Å². The van der Waals surface area contributed by atoms with Crippen LogP contribution < -0.4 is 4.74 Å². The number of pyridine rings is 1. The van der Waals surface area contributed by atoms with Crippen molar-refractivity contribution < 1.29 is 17.9 Å². The quantitative estimate of drug-likeness (QED) is 0.380. The van der Waals surface area contributed by atoms with Crippen LogP contribution in [0.3, 0.4) is 0 Å². The number of likely N-dealkylation sites (N-methyl/N-ethyl adjacent to an activating group) is 1. The molecule has 5 rings (SSSR count). The molecule has 0 radical (unpaired) electrons. The Kier molecular flexibility index (Phi) is 5.76. The fraction of sp³-hybridized carbons (Fsp3) is 0.375. The van der Waals surface area contributed by atoms with Crippen LogP contribution in [0, 0.1) is 0 Å². The van der Waals surface area contributed by atoms with E-state index in [-0.39, 0.29) is 5.75 Å². The molecule has 1 aliphatic rings. The summed E-state index contributed by atoms with van der Waals surface area (Å²) in [7, 11) is 4.05. The Balaban J connectivity index is 1.56. The van der Waals surface area contributed by atoms with Crippen LogP contribution in [0.4, 0.5) is 13.2 Å². The maximum absolute atomic E-state index is 12.5. The van der Waals surface area contributed by atoms with Gasteiger partial charge in [0, 0.05) is 30.4 Å². The molecule has 0 atom stereocenters. The summed E-state index contributed by atoms with van der Waals surface area (Å²) < 4.78 is 45.3. The number of hydrogen-bond acceptors (Lipinski definition) is 5. The Labute approximate surface area is 194 Å². The average Bonchev–Trinajstić information content (AvgIpc) is 3.36. The van der Waals surface area contributed by atoms with Crippen LogP contribution >= 0.6 is 0 Å². The van der Waals surface area contributed by atoms with E-state index < -0.39 is 6.36 Å². The van der Waals surface area contributed by atoms with Gasteiger partial charge in [-0.25, -0.2) is 9.67 Å². The Bertz CT molecular complexity index is 1290. The first kappa shape index (κ1) is 22.4. The Morgan fingerprint density at radius 1 is 1.12 bits per heavy atom. The number of aromatic nitrogens is 5. The first-order chi connectivity index (χ1) is 16.3. The van der Waals surface area contributed by atoms with E-state index in [0.717, 1.165) is 54.6 Å². The summed E-state index contributed by atoms with van der Waals surface area (Å²) in [6.45, 7) is 1.66. The van der Waals surface area contributed by atoms with E-state index >= 15 is 0 Å². The Morgan fingerprint density at radius 3 is 2.53 bits per heavy atom. The smallest absolute Gasteiger partial charge is 0.406 e. The third kappa shape index (κ3) is 4.50. The van der Waals surface area contributed by atoms with Crippen molar-refractivity contribution in [2.75, 3.05) is 20.6 Å². The molecule has 1 fully saturated rings. The van der Waals surface area contributed by atoms with Gasteiger partial charge in [-0.2, -0.15) is 10.2 Å². The van der Waals surface area contributed by atoms with Crippen molar-refractivity contribution in [3.05, 3.63) is 54.6 Å². The topological polar surface area (TPSA) is 61.0 Å². The highest BCUT2D eigenvalue weighted by atomic mass is 19.4.